The van der Waals surface area contributed by atoms with Crippen LogP contribution < -0.4 is 9.80 Å². The Morgan fingerprint density at radius 1 is 0.865 bits per heavy atom. The van der Waals surface area contributed by atoms with Crippen molar-refractivity contribution in [3.63, 3.8) is 0 Å². The number of aryl methyl sites for hydroxylation is 2. The van der Waals surface area contributed by atoms with Crippen LogP contribution in [0.1, 0.15) is 17.5 Å². The third-order valence-corrected chi connectivity index (χ3v) is 7.21. The highest BCUT2D eigenvalue weighted by molar-refractivity contribution is 6.00. The molecule has 2 aromatic carbocycles. The van der Waals surface area contributed by atoms with Crippen LogP contribution >= 0.6 is 0 Å². The van der Waals surface area contributed by atoms with Gasteiger partial charge in [-0.05, 0) is 38.1 Å². The Labute approximate surface area is 214 Å². The number of benzene rings is 2. The Kier molecular flexibility index (Phi) is 5.78. The second-order valence-corrected chi connectivity index (χ2v) is 9.76. The minimum atomic E-state index is -0.319. The smallest absolute Gasteiger partial charge is 0.228 e. The Morgan fingerprint density at radius 2 is 1.51 bits per heavy atom. The second-order valence-electron chi connectivity index (χ2n) is 9.76. The monoisotopic (exact) mass is 496 g/mol. The van der Waals surface area contributed by atoms with E-state index in [-0.39, 0.29) is 24.2 Å². The van der Waals surface area contributed by atoms with Gasteiger partial charge in [-0.1, -0.05) is 40.6 Å². The molecule has 10 nitrogen and oxygen atoms in total. The molecule has 4 heterocycles. The molecule has 37 heavy (non-hydrogen) atoms. The van der Waals surface area contributed by atoms with Gasteiger partial charge in [0, 0.05) is 44.8 Å². The molecule has 0 bridgehead atoms. The van der Waals surface area contributed by atoms with Gasteiger partial charge in [0.2, 0.25) is 11.8 Å². The number of rotatable bonds is 4. The molecule has 0 spiro atoms. The highest BCUT2D eigenvalue weighted by Crippen LogP contribution is 2.28. The Morgan fingerprint density at radius 3 is 2.19 bits per heavy atom. The summed E-state index contributed by atoms with van der Waals surface area (Å²) < 4.78 is 1.72. The van der Waals surface area contributed by atoms with Crippen LogP contribution in [0.2, 0.25) is 0 Å². The highest BCUT2D eigenvalue weighted by Gasteiger charge is 2.38. The predicted molar refractivity (Wildman–Crippen MR) is 140 cm³/mol. The van der Waals surface area contributed by atoms with Gasteiger partial charge in [-0.15, -0.1) is 5.10 Å². The summed E-state index contributed by atoms with van der Waals surface area (Å²) in [6.07, 6.45) is 1.79. The largest absolute Gasteiger partial charge is 0.351 e. The summed E-state index contributed by atoms with van der Waals surface area (Å²) in [5, 5.41) is 8.71. The van der Waals surface area contributed by atoms with Crippen LogP contribution in [0.4, 0.5) is 11.5 Å². The average molecular weight is 497 g/mol. The van der Waals surface area contributed by atoms with Gasteiger partial charge in [-0.2, -0.15) is 4.68 Å². The van der Waals surface area contributed by atoms with E-state index in [9.17, 15) is 9.59 Å². The van der Waals surface area contributed by atoms with Crippen LogP contribution in [0.25, 0.3) is 16.9 Å². The van der Waals surface area contributed by atoms with Gasteiger partial charge in [-0.25, -0.2) is 9.97 Å². The van der Waals surface area contributed by atoms with Crippen LogP contribution in [-0.2, 0) is 9.59 Å². The lowest BCUT2D eigenvalue weighted by Gasteiger charge is -2.36. The summed E-state index contributed by atoms with van der Waals surface area (Å²) >= 11 is 0. The molecule has 0 aliphatic carbocycles. The number of nitrogens with zero attached hydrogens (tertiary/aromatic N) is 8. The van der Waals surface area contributed by atoms with Gasteiger partial charge in [0.1, 0.15) is 6.33 Å². The molecule has 2 aliphatic rings. The Hall–Kier alpha value is -4.34. The maximum Gasteiger partial charge on any atom is 0.228 e. The van der Waals surface area contributed by atoms with Crippen molar-refractivity contribution in [1.29, 1.82) is 0 Å². The average Bonchev–Trinajstić information content (AvgIpc) is 3.53. The maximum absolute atomic E-state index is 13.3. The van der Waals surface area contributed by atoms with Crippen molar-refractivity contribution < 1.29 is 9.59 Å². The molecule has 2 aromatic heterocycles. The fraction of sp³-hybridized carbons (Fsp3) is 0.333. The number of carbonyl (C=O) groups is 2. The molecule has 1 atom stereocenters. The van der Waals surface area contributed by atoms with Crippen LogP contribution in [0.5, 0.6) is 0 Å². The molecular weight excluding hydrogens is 468 g/mol. The molecule has 2 fully saturated rings. The third kappa shape index (κ3) is 4.28. The number of hydrogen-bond donors (Lipinski definition) is 0. The van der Waals surface area contributed by atoms with Crippen molar-refractivity contribution in [2.75, 3.05) is 42.5 Å². The van der Waals surface area contributed by atoms with Gasteiger partial charge in [0.05, 0.1) is 11.6 Å². The fourth-order valence-electron chi connectivity index (χ4n) is 5.07. The lowest BCUT2D eigenvalue weighted by atomic mass is 10.1. The summed E-state index contributed by atoms with van der Waals surface area (Å²) in [6.45, 7) is 6.85. The van der Waals surface area contributed by atoms with E-state index < -0.39 is 0 Å². The normalized spacial score (nSPS) is 18.2. The molecule has 0 N–H and O–H groups in total. The lowest BCUT2D eigenvalue weighted by Crippen LogP contribution is -2.51. The third-order valence-electron chi connectivity index (χ3n) is 7.21. The molecule has 2 saturated heterocycles. The SMILES string of the molecule is Cc1ccc(N2CC(C(=O)N3CCN(c4ncnc5c4nnn5-c4ccc(C)cc4)CC3)CC2=O)cc1. The van der Waals surface area contributed by atoms with Crippen molar-refractivity contribution >= 4 is 34.5 Å². The maximum atomic E-state index is 13.3. The fourth-order valence-corrected chi connectivity index (χ4v) is 5.07. The quantitative estimate of drug-likeness (QED) is 0.428. The van der Waals surface area contributed by atoms with Crippen LogP contribution in [-0.4, -0.2) is 74.4 Å². The number of amides is 2. The first-order valence-corrected chi connectivity index (χ1v) is 12.5. The molecule has 2 aliphatic heterocycles. The molecule has 188 valence electrons. The molecular formula is C27H28N8O2. The summed E-state index contributed by atoms with van der Waals surface area (Å²) in [4.78, 5) is 40.6. The first-order valence-electron chi connectivity index (χ1n) is 12.5. The zero-order chi connectivity index (χ0) is 25.5. The number of carbonyl (C=O) groups excluding carboxylic acids is 2. The van der Waals surface area contributed by atoms with E-state index in [0.29, 0.717) is 43.9 Å². The molecule has 4 aromatic rings. The van der Waals surface area contributed by atoms with Crippen LogP contribution in [0.3, 0.4) is 0 Å². The van der Waals surface area contributed by atoms with Crippen molar-refractivity contribution in [2.24, 2.45) is 5.92 Å². The second kappa shape index (κ2) is 9.27. The van der Waals surface area contributed by atoms with E-state index >= 15 is 0 Å². The first-order chi connectivity index (χ1) is 18.0. The van der Waals surface area contributed by atoms with Gasteiger partial charge >= 0.3 is 0 Å². The molecule has 1 unspecified atom stereocenters. The number of aromatic nitrogens is 5. The van der Waals surface area contributed by atoms with E-state index in [4.69, 9.17) is 0 Å². The summed E-state index contributed by atoms with van der Waals surface area (Å²) in [6, 6.07) is 15.9. The highest BCUT2D eigenvalue weighted by atomic mass is 16.2. The van der Waals surface area contributed by atoms with Gasteiger partial charge in [0.25, 0.3) is 0 Å². The van der Waals surface area contributed by atoms with Crippen molar-refractivity contribution in [3.8, 4) is 5.69 Å². The van der Waals surface area contributed by atoms with E-state index in [1.54, 1.807) is 9.58 Å². The van der Waals surface area contributed by atoms with Gasteiger partial charge in [-0.3, -0.25) is 9.59 Å². The van der Waals surface area contributed by atoms with Gasteiger partial charge < -0.3 is 14.7 Å². The number of piperazine rings is 1. The first kappa shape index (κ1) is 23.1. The molecule has 2 amide bonds. The van der Waals surface area contributed by atoms with E-state index in [1.165, 1.54) is 11.9 Å². The van der Waals surface area contributed by atoms with Crippen molar-refractivity contribution in [2.45, 2.75) is 20.3 Å². The Bertz CT molecular complexity index is 1460. The Balaban J connectivity index is 1.13. The summed E-state index contributed by atoms with van der Waals surface area (Å²) in [5.41, 5.74) is 5.33. The number of hydrogen-bond acceptors (Lipinski definition) is 7. The van der Waals surface area contributed by atoms with Crippen molar-refractivity contribution in [1.82, 2.24) is 29.9 Å². The van der Waals surface area contributed by atoms with Crippen LogP contribution in [0.15, 0.2) is 54.9 Å². The minimum Gasteiger partial charge on any atom is -0.351 e. The molecule has 10 heteroatoms. The van der Waals surface area contributed by atoms with Crippen LogP contribution in [0, 0.1) is 19.8 Å². The summed E-state index contributed by atoms with van der Waals surface area (Å²) in [5.74, 6) is 0.444. The predicted octanol–water partition coefficient (Wildman–Crippen LogP) is 2.53. The molecule has 0 radical (unpaired) electrons. The van der Waals surface area contributed by atoms with Gasteiger partial charge in [0.15, 0.2) is 17.0 Å². The summed E-state index contributed by atoms with van der Waals surface area (Å²) in [7, 11) is 0. The number of anilines is 2. The lowest BCUT2D eigenvalue weighted by molar-refractivity contribution is -0.136. The van der Waals surface area contributed by atoms with Crippen molar-refractivity contribution in [3.05, 3.63) is 66.0 Å². The minimum absolute atomic E-state index is 0.000815. The van der Waals surface area contributed by atoms with E-state index in [1.807, 2.05) is 67.3 Å². The topological polar surface area (TPSA) is 100 Å². The standard InChI is InChI=1S/C27H28N8O2/c1-18-3-7-21(8-4-18)34-16-20(15-23(34)36)27(37)33-13-11-32(12-14-33)25-24-26(29-17-28-25)35(31-30-24)22-9-5-19(2)6-10-22/h3-10,17,20H,11-16H2,1-2H3. The molecule has 0 saturated carbocycles. The van der Waals surface area contributed by atoms with E-state index in [0.717, 1.165) is 22.8 Å². The zero-order valence-electron chi connectivity index (χ0n) is 20.9. The number of fused-ring (bicyclic) bond motifs is 1. The zero-order valence-corrected chi connectivity index (χ0v) is 20.9. The molecule has 6 rings (SSSR count). The van der Waals surface area contributed by atoms with E-state index in [2.05, 4.69) is 25.2 Å².